The van der Waals surface area contributed by atoms with Gasteiger partial charge in [-0.1, -0.05) is 6.92 Å². The van der Waals surface area contributed by atoms with Crippen molar-refractivity contribution in [2.45, 2.75) is 83.2 Å². The Bertz CT molecular complexity index is 463. The second kappa shape index (κ2) is 11.0. The molecule has 0 aliphatic rings. The maximum Gasteiger partial charge on any atom is 0.217 e. The van der Waals surface area contributed by atoms with E-state index in [-0.39, 0.29) is 16.3 Å². The third-order valence-corrected chi connectivity index (χ3v) is 4.74. The predicted octanol–water partition coefficient (Wildman–Crippen LogP) is 2.72. The maximum atomic E-state index is 10.8. The average molecular weight is 390 g/mol. The van der Waals surface area contributed by atoms with Crippen molar-refractivity contribution >= 4 is 18.5 Å². The topological polar surface area (TPSA) is 99.6 Å². The van der Waals surface area contributed by atoms with Crippen LogP contribution in [0.3, 0.4) is 0 Å². The summed E-state index contributed by atoms with van der Waals surface area (Å²) in [6.45, 7) is 13.9. The molecule has 0 aliphatic carbocycles. The van der Waals surface area contributed by atoms with Crippen LogP contribution in [0.4, 0.5) is 0 Å². The van der Waals surface area contributed by atoms with Gasteiger partial charge in [-0.15, -0.1) is 0 Å². The van der Waals surface area contributed by atoms with Crippen molar-refractivity contribution in [3.8, 4) is 0 Å². The van der Waals surface area contributed by atoms with E-state index in [0.717, 1.165) is 25.0 Å². The first-order valence-corrected chi connectivity index (χ1v) is 9.75. The predicted molar refractivity (Wildman–Crippen MR) is 111 cm³/mol. The number of ether oxygens (including phenoxy) is 2. The molecule has 0 aromatic heterocycles. The fourth-order valence-electron chi connectivity index (χ4n) is 2.59. The Morgan fingerprint density at radius 2 is 1.77 bits per heavy atom. The molecule has 0 aliphatic heterocycles. The molecule has 5 N–H and O–H groups in total. The monoisotopic (exact) mass is 389 g/mol. The van der Waals surface area contributed by atoms with Crippen LogP contribution in [-0.4, -0.2) is 41.6 Å². The van der Waals surface area contributed by atoms with Crippen LogP contribution in [0.5, 0.6) is 0 Å². The van der Waals surface area contributed by atoms with Crippen molar-refractivity contribution in [3.63, 3.8) is 0 Å². The van der Waals surface area contributed by atoms with Crippen LogP contribution in [0.25, 0.3) is 0 Å². The highest BCUT2D eigenvalue weighted by molar-refractivity contribution is 7.81. The van der Waals surface area contributed by atoms with Gasteiger partial charge in [-0.25, -0.2) is 0 Å². The molecule has 0 bridgehead atoms. The highest BCUT2D eigenvalue weighted by atomic mass is 32.1. The van der Waals surface area contributed by atoms with Crippen LogP contribution in [0.2, 0.25) is 0 Å². The summed E-state index contributed by atoms with van der Waals surface area (Å²) in [6, 6.07) is 0. The summed E-state index contributed by atoms with van der Waals surface area (Å²) in [6.07, 6.45) is 4.31. The molecule has 7 heteroatoms. The molecule has 0 heterocycles. The number of rotatable bonds is 14. The van der Waals surface area contributed by atoms with E-state index in [2.05, 4.69) is 12.2 Å². The van der Waals surface area contributed by atoms with Gasteiger partial charge in [-0.3, -0.25) is 4.79 Å². The van der Waals surface area contributed by atoms with Gasteiger partial charge in [0.2, 0.25) is 5.91 Å². The summed E-state index contributed by atoms with van der Waals surface area (Å²) < 4.78 is 11.6. The van der Waals surface area contributed by atoms with Crippen molar-refractivity contribution in [2.75, 3.05) is 19.8 Å². The van der Waals surface area contributed by atoms with Gasteiger partial charge in [0.15, 0.2) is 0 Å². The lowest BCUT2D eigenvalue weighted by Gasteiger charge is -2.33. The van der Waals surface area contributed by atoms with Gasteiger partial charge in [-0.05, 0) is 53.9 Å². The number of amides is 1. The number of hydrogen-bond donors (Lipinski definition) is 4. The van der Waals surface area contributed by atoms with E-state index in [9.17, 15) is 4.79 Å². The van der Waals surface area contributed by atoms with Crippen molar-refractivity contribution < 1.29 is 14.3 Å². The molecule has 1 amide bonds. The fraction of sp³-hybridized carbons (Fsp3) is 0.842. The summed E-state index contributed by atoms with van der Waals surface area (Å²) in [4.78, 5) is 10.8. The van der Waals surface area contributed by atoms with E-state index in [1.807, 2.05) is 34.6 Å². The molecule has 0 radical (unpaired) electrons. The Morgan fingerprint density at radius 3 is 2.27 bits per heavy atom. The Morgan fingerprint density at radius 1 is 1.15 bits per heavy atom. The minimum atomic E-state index is -0.469. The van der Waals surface area contributed by atoms with Gasteiger partial charge in [0.1, 0.15) is 5.60 Å². The van der Waals surface area contributed by atoms with Crippen LogP contribution in [0, 0.1) is 0 Å². The van der Waals surface area contributed by atoms with E-state index in [1.165, 1.54) is 0 Å². The summed E-state index contributed by atoms with van der Waals surface area (Å²) in [5, 5.41) is 3.34. The molecule has 1 atom stereocenters. The summed E-state index contributed by atoms with van der Waals surface area (Å²) in [7, 11) is 0. The van der Waals surface area contributed by atoms with Crippen molar-refractivity contribution in [2.24, 2.45) is 11.5 Å². The first-order chi connectivity index (χ1) is 11.9. The van der Waals surface area contributed by atoms with E-state index in [1.54, 1.807) is 6.20 Å². The van der Waals surface area contributed by atoms with Gasteiger partial charge in [0.05, 0.1) is 11.3 Å². The number of thiol groups is 1. The highest BCUT2D eigenvalue weighted by Crippen LogP contribution is 2.26. The molecular weight excluding hydrogens is 350 g/mol. The van der Waals surface area contributed by atoms with Crippen molar-refractivity contribution in [1.82, 2.24) is 5.32 Å². The van der Waals surface area contributed by atoms with E-state index in [0.29, 0.717) is 26.2 Å². The van der Waals surface area contributed by atoms with Crippen LogP contribution >= 0.6 is 12.6 Å². The zero-order valence-corrected chi connectivity index (χ0v) is 18.2. The molecule has 154 valence electrons. The van der Waals surface area contributed by atoms with Gasteiger partial charge in [0, 0.05) is 37.1 Å². The third kappa shape index (κ3) is 10.9. The Labute approximate surface area is 164 Å². The lowest BCUT2D eigenvalue weighted by atomic mass is 9.99. The highest BCUT2D eigenvalue weighted by Gasteiger charge is 2.27. The van der Waals surface area contributed by atoms with Gasteiger partial charge in [-0.2, -0.15) is 12.6 Å². The lowest BCUT2D eigenvalue weighted by molar-refractivity contribution is -0.118. The Kier molecular flexibility index (Phi) is 10.7. The van der Waals surface area contributed by atoms with E-state index >= 15 is 0 Å². The van der Waals surface area contributed by atoms with Crippen LogP contribution < -0.4 is 16.8 Å². The number of hydrogen-bond acceptors (Lipinski definition) is 6. The van der Waals surface area contributed by atoms with Gasteiger partial charge in [0.25, 0.3) is 0 Å². The van der Waals surface area contributed by atoms with Crippen LogP contribution in [-0.2, 0) is 14.3 Å². The molecule has 6 nitrogen and oxygen atoms in total. The first-order valence-electron chi connectivity index (χ1n) is 9.30. The Balaban J connectivity index is 4.38. The maximum absolute atomic E-state index is 10.8. The minimum Gasteiger partial charge on any atom is -0.403 e. The molecule has 0 saturated heterocycles. The molecule has 1 unspecified atom stereocenters. The molecule has 0 aromatic carbocycles. The quantitative estimate of drug-likeness (QED) is 0.342. The van der Waals surface area contributed by atoms with E-state index < -0.39 is 5.60 Å². The Hall–Kier alpha value is -0.920. The SMILES string of the molecule is CCOC(C)(C)/C(=C/N)NCC(C)(C)OCCC(C)(S)CCCC(N)=O. The summed E-state index contributed by atoms with van der Waals surface area (Å²) >= 11 is 4.69. The number of nitrogens with one attached hydrogen (secondary N) is 1. The van der Waals surface area contributed by atoms with Crippen molar-refractivity contribution in [1.29, 1.82) is 0 Å². The van der Waals surface area contributed by atoms with Gasteiger partial charge < -0.3 is 26.3 Å². The average Bonchev–Trinajstić information content (AvgIpc) is 2.46. The van der Waals surface area contributed by atoms with Gasteiger partial charge >= 0.3 is 0 Å². The second-order valence-electron chi connectivity index (χ2n) is 8.05. The molecule has 0 aromatic rings. The lowest BCUT2D eigenvalue weighted by Crippen LogP contribution is -2.43. The van der Waals surface area contributed by atoms with Crippen LogP contribution in [0.15, 0.2) is 11.9 Å². The fourth-order valence-corrected chi connectivity index (χ4v) is 2.84. The summed E-state index contributed by atoms with van der Waals surface area (Å²) in [5.74, 6) is -0.267. The molecule has 26 heavy (non-hydrogen) atoms. The number of carbonyl (C=O) groups is 1. The van der Waals surface area contributed by atoms with Crippen LogP contribution in [0.1, 0.15) is 67.2 Å². The zero-order chi connectivity index (χ0) is 20.4. The number of primary amides is 1. The van der Waals surface area contributed by atoms with E-state index in [4.69, 9.17) is 33.6 Å². The number of nitrogens with two attached hydrogens (primary N) is 2. The first kappa shape index (κ1) is 25.1. The van der Waals surface area contributed by atoms with Crippen molar-refractivity contribution in [3.05, 3.63) is 11.9 Å². The second-order valence-corrected chi connectivity index (χ2v) is 9.13. The standard InChI is InChI=1S/C19H39N3O3S/c1-7-24-18(4,5)15(13-20)22-14-17(2,3)25-12-11-19(6,26)10-8-9-16(21)23/h13,22,26H,7-12,14,20H2,1-6H3,(H2,21,23)/b15-13-. The normalized spacial score (nSPS) is 15.6. The molecular formula is C19H39N3O3S. The molecule has 0 fully saturated rings. The largest absolute Gasteiger partial charge is 0.403 e. The molecule has 0 spiro atoms. The number of carbonyl (C=O) groups excluding carboxylic acids is 1. The summed E-state index contributed by atoms with van der Waals surface area (Å²) in [5.41, 5.74) is 10.9. The minimum absolute atomic E-state index is 0.182. The molecule has 0 rings (SSSR count). The molecule has 0 saturated carbocycles. The smallest absolute Gasteiger partial charge is 0.217 e. The zero-order valence-electron chi connectivity index (χ0n) is 17.4. The third-order valence-electron chi connectivity index (χ3n) is 4.30.